The van der Waals surface area contributed by atoms with E-state index in [-0.39, 0.29) is 44.0 Å². The van der Waals surface area contributed by atoms with E-state index >= 15 is 4.79 Å². The number of carbonyl (C=O) groups is 3. The molecule has 0 unspecified atom stereocenters. The lowest BCUT2D eigenvalue weighted by atomic mass is 9.63. The molecule has 2 bridgehead atoms. The fraction of sp³-hybridized carbons (Fsp3) is 0.229. The van der Waals surface area contributed by atoms with Crippen LogP contribution in [-0.4, -0.2) is 52.3 Å². The Morgan fingerprint density at radius 1 is 0.957 bits per heavy atom. The normalized spacial score (nSPS) is 20.9. The Kier molecular flexibility index (Phi) is 5.40. The first-order valence-electron chi connectivity index (χ1n) is 14.5. The summed E-state index contributed by atoms with van der Waals surface area (Å²) in [6, 6.07) is 9.27. The molecule has 2 aliphatic carbocycles. The van der Waals surface area contributed by atoms with E-state index in [0.29, 0.717) is 28.0 Å². The third-order valence-corrected chi connectivity index (χ3v) is 9.78. The number of ketones is 1. The van der Waals surface area contributed by atoms with Gasteiger partial charge in [0.2, 0.25) is 5.88 Å². The van der Waals surface area contributed by atoms with E-state index in [0.717, 1.165) is 0 Å². The topological polar surface area (TPSA) is 158 Å². The van der Waals surface area contributed by atoms with Crippen LogP contribution < -0.4 is 15.6 Å². The molecule has 8 rings (SSSR count). The van der Waals surface area contributed by atoms with Crippen molar-refractivity contribution in [3.8, 4) is 23.1 Å². The Labute approximate surface area is 259 Å². The molecule has 1 aromatic heterocycles. The van der Waals surface area contributed by atoms with Crippen molar-refractivity contribution >= 4 is 39.3 Å². The Balaban J connectivity index is 1.60. The third kappa shape index (κ3) is 3.14. The van der Waals surface area contributed by atoms with Crippen LogP contribution in [-0.2, 0) is 19.7 Å². The first kappa shape index (κ1) is 27.8. The number of hydrogen-bond donors (Lipinski definition) is 2. The first-order valence-corrected chi connectivity index (χ1v) is 14.5. The summed E-state index contributed by atoms with van der Waals surface area (Å²) in [4.78, 5) is 68.9. The van der Waals surface area contributed by atoms with E-state index in [2.05, 4.69) is 0 Å². The zero-order chi connectivity index (χ0) is 32.6. The number of carbonyl (C=O) groups excluding carboxylic acids is 3. The molecule has 0 amide bonds. The molecule has 0 saturated carbocycles. The molecule has 2 N–H and O–H groups in total. The van der Waals surface area contributed by atoms with E-state index in [4.69, 9.17) is 14.2 Å². The number of phenols is 1. The molecule has 11 heteroatoms. The molecule has 1 spiro atoms. The molecule has 11 nitrogen and oxygen atoms in total. The number of aromatic hydroxyl groups is 2. The van der Waals surface area contributed by atoms with Crippen molar-refractivity contribution in [3.05, 3.63) is 102 Å². The quantitative estimate of drug-likeness (QED) is 0.286. The Morgan fingerprint density at radius 3 is 2.35 bits per heavy atom. The summed E-state index contributed by atoms with van der Waals surface area (Å²) in [6.07, 6.45) is 0.130. The molecule has 0 saturated heterocycles. The number of benzene rings is 4. The van der Waals surface area contributed by atoms with Gasteiger partial charge in [-0.25, -0.2) is 4.79 Å². The van der Waals surface area contributed by atoms with Crippen molar-refractivity contribution in [2.75, 3.05) is 13.7 Å². The van der Waals surface area contributed by atoms with Crippen molar-refractivity contribution in [1.82, 2.24) is 4.57 Å². The van der Waals surface area contributed by atoms with Gasteiger partial charge in [-0.05, 0) is 77.9 Å². The smallest absolute Gasteiger partial charge is 0.342 e. The van der Waals surface area contributed by atoms with Crippen LogP contribution in [0.1, 0.15) is 61.4 Å². The maximum Gasteiger partial charge on any atom is 0.342 e. The van der Waals surface area contributed by atoms with Crippen LogP contribution in [0.25, 0.3) is 27.2 Å². The molecule has 3 aliphatic rings. The van der Waals surface area contributed by atoms with Gasteiger partial charge in [-0.1, -0.05) is 0 Å². The van der Waals surface area contributed by atoms with Gasteiger partial charge in [0.05, 0.1) is 23.8 Å². The van der Waals surface area contributed by atoms with E-state index < -0.39 is 64.3 Å². The molecule has 4 aromatic carbocycles. The lowest BCUT2D eigenvalue weighted by Crippen LogP contribution is -2.55. The predicted octanol–water partition coefficient (Wildman–Crippen LogP) is 3.66. The zero-order valence-corrected chi connectivity index (χ0v) is 25.0. The van der Waals surface area contributed by atoms with Gasteiger partial charge >= 0.3 is 11.9 Å². The minimum absolute atomic E-state index is 0.0611. The molecule has 2 heterocycles. The van der Waals surface area contributed by atoms with Crippen molar-refractivity contribution in [1.29, 1.82) is 0 Å². The van der Waals surface area contributed by atoms with Crippen LogP contribution in [0.2, 0.25) is 0 Å². The minimum Gasteiger partial charge on any atom is -0.507 e. The second-order valence-electron chi connectivity index (χ2n) is 12.1. The molecule has 1 aliphatic heterocycles. The number of fused-ring (bicyclic) bond motifs is 4. The van der Waals surface area contributed by atoms with Crippen LogP contribution in [0.15, 0.2) is 52.2 Å². The van der Waals surface area contributed by atoms with Gasteiger partial charge in [-0.3, -0.25) is 23.7 Å². The maximum absolute atomic E-state index is 15.0. The monoisotopic (exact) mass is 619 g/mol. The number of cyclic esters (lactones) is 1. The highest BCUT2D eigenvalue weighted by molar-refractivity contribution is 6.19. The number of esters is 2. The van der Waals surface area contributed by atoms with Crippen LogP contribution in [0.3, 0.4) is 0 Å². The number of Topliss-reactive ketones (excluding diaryl/α,β-unsaturated/α-hetero) is 1. The lowest BCUT2D eigenvalue weighted by molar-refractivity contribution is -0.150. The van der Waals surface area contributed by atoms with E-state index in [1.165, 1.54) is 36.9 Å². The molecular formula is C35H25NO10. The summed E-state index contributed by atoms with van der Waals surface area (Å²) < 4.78 is 18.1. The van der Waals surface area contributed by atoms with Crippen molar-refractivity contribution in [3.63, 3.8) is 0 Å². The Morgan fingerprint density at radius 2 is 1.67 bits per heavy atom. The molecule has 46 heavy (non-hydrogen) atoms. The third-order valence-electron chi connectivity index (χ3n) is 9.78. The van der Waals surface area contributed by atoms with Gasteiger partial charge < -0.3 is 24.4 Å². The fourth-order valence-corrected chi connectivity index (χ4v) is 8.11. The highest BCUT2D eigenvalue weighted by Gasteiger charge is 2.67. The van der Waals surface area contributed by atoms with Gasteiger partial charge in [-0.2, -0.15) is 0 Å². The van der Waals surface area contributed by atoms with Crippen molar-refractivity contribution in [2.45, 2.75) is 38.2 Å². The minimum atomic E-state index is -1.64. The number of pyridine rings is 1. The summed E-state index contributed by atoms with van der Waals surface area (Å²) in [5, 5.41) is 23.1. The van der Waals surface area contributed by atoms with Gasteiger partial charge in [0.15, 0.2) is 16.6 Å². The summed E-state index contributed by atoms with van der Waals surface area (Å²) in [5.74, 6) is -3.59. The number of hydrogen-bond acceptors (Lipinski definition) is 10. The first-order chi connectivity index (χ1) is 21.9. The Hall–Kier alpha value is -5.71. The molecule has 5 aromatic rings. The van der Waals surface area contributed by atoms with Crippen LogP contribution >= 0.6 is 0 Å². The van der Waals surface area contributed by atoms with Crippen LogP contribution in [0, 0.1) is 13.8 Å². The molecule has 0 radical (unpaired) electrons. The van der Waals surface area contributed by atoms with E-state index in [1.54, 1.807) is 38.1 Å². The van der Waals surface area contributed by atoms with Gasteiger partial charge in [0.1, 0.15) is 29.8 Å². The highest BCUT2D eigenvalue weighted by Crippen LogP contribution is 2.61. The molecule has 230 valence electrons. The van der Waals surface area contributed by atoms with E-state index in [1.807, 2.05) is 0 Å². The second kappa shape index (κ2) is 8.94. The maximum atomic E-state index is 15.0. The van der Waals surface area contributed by atoms with Gasteiger partial charge in [0, 0.05) is 40.7 Å². The number of aryl methyl sites for hydroxylation is 2. The SMILES string of the molecule is COc1ccc(-n2cc3c(=O)c4c(c5c(C)cc(=O)c(c2O)c53)[C@H]2C(=O)c3c(C)cc(O)c5c3[C@]4(COC5=O)[C@H]2OC(C)=O)cc1. The highest BCUT2D eigenvalue weighted by atomic mass is 16.6. The standard InChI is InChI=1S/C35H25NO10/c1-13-9-19(38)24-23-18(11-36(33(24)42)16-5-7-17(44-4)8-6-16)30(40)29-26(21(13)23)27-31(41)22-14(2)10-20(39)25-28(22)35(29,12-45-34(25)43)32(27)46-15(3)37/h5-11,27,32,39,42H,12H2,1-4H3/t27-,32-,35-/m0/s1. The van der Waals surface area contributed by atoms with Crippen LogP contribution in [0.4, 0.5) is 0 Å². The van der Waals surface area contributed by atoms with Gasteiger partial charge in [0.25, 0.3) is 0 Å². The number of phenolic OH excluding ortho intramolecular Hbond substituents is 1. The van der Waals surface area contributed by atoms with E-state index in [9.17, 15) is 29.4 Å². The zero-order valence-electron chi connectivity index (χ0n) is 25.0. The van der Waals surface area contributed by atoms with Crippen molar-refractivity contribution in [2.24, 2.45) is 0 Å². The lowest BCUT2D eigenvalue weighted by Gasteiger charge is -2.44. The molecular weight excluding hydrogens is 594 g/mol. The van der Waals surface area contributed by atoms with Crippen LogP contribution in [0.5, 0.6) is 17.4 Å². The molecule has 3 atom stereocenters. The number of aromatic nitrogens is 1. The number of rotatable bonds is 3. The summed E-state index contributed by atoms with van der Waals surface area (Å²) >= 11 is 0. The molecule has 0 fully saturated rings. The summed E-state index contributed by atoms with van der Waals surface area (Å²) in [5.41, 5.74) is -1.22. The second-order valence-corrected chi connectivity index (χ2v) is 12.1. The number of methoxy groups -OCH3 is 1. The predicted molar refractivity (Wildman–Crippen MR) is 164 cm³/mol. The fourth-order valence-electron chi connectivity index (χ4n) is 8.11. The number of nitrogens with zero attached hydrogens (tertiary/aromatic N) is 1. The summed E-state index contributed by atoms with van der Waals surface area (Å²) in [6.45, 7) is 4.03. The number of ether oxygens (including phenoxy) is 3. The average molecular weight is 620 g/mol. The van der Waals surface area contributed by atoms with Crippen molar-refractivity contribution < 1.29 is 38.8 Å². The Bertz CT molecular complexity index is 2390. The van der Waals surface area contributed by atoms with Gasteiger partial charge in [-0.15, -0.1) is 0 Å². The summed E-state index contributed by atoms with van der Waals surface area (Å²) in [7, 11) is 1.51. The average Bonchev–Trinajstić information content (AvgIpc) is 3.21. The largest absolute Gasteiger partial charge is 0.507 e.